The Kier molecular flexibility index (Phi) is 3.87. The van der Waals surface area contributed by atoms with Gasteiger partial charge >= 0.3 is 0 Å². The summed E-state index contributed by atoms with van der Waals surface area (Å²) >= 11 is 12.0. The number of fused-ring (bicyclic) bond motifs is 1. The first kappa shape index (κ1) is 15.0. The highest BCUT2D eigenvalue weighted by molar-refractivity contribution is 6.35. The molecule has 0 aromatic carbocycles. The molecule has 2 heterocycles. The fourth-order valence-corrected chi connectivity index (χ4v) is 3.77. The zero-order valence-corrected chi connectivity index (χ0v) is 14.1. The lowest BCUT2D eigenvalue weighted by atomic mass is 9.71. The Bertz CT molecular complexity index is 651. The summed E-state index contributed by atoms with van der Waals surface area (Å²) < 4.78 is 2.12. The fourth-order valence-electron chi connectivity index (χ4n) is 3.34. The summed E-state index contributed by atoms with van der Waals surface area (Å²) in [5.41, 5.74) is 1.77. The van der Waals surface area contributed by atoms with Gasteiger partial charge in [-0.1, -0.05) is 32.4 Å². The van der Waals surface area contributed by atoms with Gasteiger partial charge in [0.25, 0.3) is 0 Å². The summed E-state index contributed by atoms with van der Waals surface area (Å²) in [6, 6.07) is 0.427. The van der Waals surface area contributed by atoms with Crippen LogP contribution in [0, 0.1) is 11.3 Å². The molecule has 2 aromatic heterocycles. The van der Waals surface area contributed by atoms with Crippen LogP contribution in [0.5, 0.6) is 0 Å². The summed E-state index contributed by atoms with van der Waals surface area (Å²) in [5, 5.41) is 0.504. The van der Waals surface area contributed by atoms with E-state index in [9.17, 15) is 0 Å². The van der Waals surface area contributed by atoms with Crippen molar-refractivity contribution in [3.63, 3.8) is 0 Å². The molecule has 1 aliphatic carbocycles. The van der Waals surface area contributed by atoms with E-state index in [1.165, 1.54) is 12.8 Å². The third kappa shape index (κ3) is 2.88. The Labute approximate surface area is 134 Å². The molecule has 0 saturated heterocycles. The quantitative estimate of drug-likeness (QED) is 0.552. The zero-order chi connectivity index (χ0) is 15.2. The highest BCUT2D eigenvalue weighted by Crippen LogP contribution is 2.42. The molecule has 2 aromatic rings. The molecule has 0 bridgehead atoms. The number of nitrogens with zero attached hydrogens (tertiary/aromatic N) is 4. The summed E-state index contributed by atoms with van der Waals surface area (Å²) in [5.74, 6) is 0.783. The van der Waals surface area contributed by atoms with Gasteiger partial charge in [-0.05, 0) is 48.6 Å². The summed E-state index contributed by atoms with van der Waals surface area (Å²) in [4.78, 5) is 12.6. The molecule has 21 heavy (non-hydrogen) atoms. The van der Waals surface area contributed by atoms with E-state index in [1.807, 2.05) is 6.33 Å². The summed E-state index contributed by atoms with van der Waals surface area (Å²) in [6.07, 6.45) is 6.59. The summed E-state index contributed by atoms with van der Waals surface area (Å²) in [6.45, 7) is 6.99. The lowest BCUT2D eigenvalue weighted by molar-refractivity contribution is 0.153. The molecule has 0 unspecified atom stereocenters. The highest BCUT2D eigenvalue weighted by atomic mass is 35.5. The second-order valence-corrected chi connectivity index (χ2v) is 7.68. The van der Waals surface area contributed by atoms with Gasteiger partial charge in [-0.3, -0.25) is 0 Å². The average molecular weight is 327 g/mol. The van der Waals surface area contributed by atoms with Crippen LogP contribution < -0.4 is 0 Å². The van der Waals surface area contributed by atoms with Crippen molar-refractivity contribution in [2.24, 2.45) is 11.3 Å². The standard InChI is InChI=1S/C15H20Cl2N4/c1-15(2,3)9-4-6-10(7-5-9)21-8-18-11-12(16)19-14(17)20-13(11)21/h8-10H,4-7H2,1-3H3. The molecule has 1 fully saturated rings. The van der Waals surface area contributed by atoms with Gasteiger partial charge in [-0.2, -0.15) is 4.98 Å². The van der Waals surface area contributed by atoms with E-state index in [2.05, 4.69) is 40.3 Å². The maximum absolute atomic E-state index is 6.09. The largest absolute Gasteiger partial charge is 0.312 e. The van der Waals surface area contributed by atoms with Gasteiger partial charge in [0, 0.05) is 6.04 Å². The molecular formula is C15H20Cl2N4. The highest BCUT2D eigenvalue weighted by Gasteiger charge is 2.31. The molecule has 0 atom stereocenters. The van der Waals surface area contributed by atoms with Crippen molar-refractivity contribution in [3.05, 3.63) is 16.8 Å². The lowest BCUT2D eigenvalue weighted by Crippen LogP contribution is -2.26. The normalized spacial score (nSPS) is 23.7. The van der Waals surface area contributed by atoms with Crippen LogP contribution in [0.3, 0.4) is 0 Å². The molecular weight excluding hydrogens is 307 g/mol. The molecule has 0 amide bonds. The molecule has 0 N–H and O–H groups in total. The van der Waals surface area contributed by atoms with Crippen molar-refractivity contribution >= 4 is 34.4 Å². The average Bonchev–Trinajstić information content (AvgIpc) is 2.82. The van der Waals surface area contributed by atoms with Gasteiger partial charge in [0.15, 0.2) is 10.8 Å². The Morgan fingerprint density at radius 2 is 1.76 bits per heavy atom. The Hall–Kier alpha value is -0.870. The van der Waals surface area contributed by atoms with E-state index in [4.69, 9.17) is 23.2 Å². The van der Waals surface area contributed by atoms with Crippen LogP contribution in [0.1, 0.15) is 52.5 Å². The third-order valence-electron chi connectivity index (χ3n) is 4.67. The van der Waals surface area contributed by atoms with Gasteiger partial charge < -0.3 is 4.57 Å². The van der Waals surface area contributed by atoms with Crippen LogP contribution in [0.4, 0.5) is 0 Å². The fraction of sp³-hybridized carbons (Fsp3) is 0.667. The van der Waals surface area contributed by atoms with Gasteiger partial charge in [0.1, 0.15) is 5.52 Å². The maximum atomic E-state index is 6.09. The molecule has 0 aliphatic heterocycles. The van der Waals surface area contributed by atoms with E-state index in [1.54, 1.807) is 0 Å². The predicted octanol–water partition coefficient (Wildman–Crippen LogP) is 4.91. The first-order valence-corrected chi connectivity index (χ1v) is 8.17. The molecule has 4 nitrogen and oxygen atoms in total. The van der Waals surface area contributed by atoms with E-state index in [0.29, 0.717) is 22.1 Å². The monoisotopic (exact) mass is 326 g/mol. The van der Waals surface area contributed by atoms with Gasteiger partial charge in [-0.15, -0.1) is 0 Å². The SMILES string of the molecule is CC(C)(C)C1CCC(n2cnc3c(Cl)nc(Cl)nc32)CC1. The van der Waals surface area contributed by atoms with Gasteiger partial charge in [0.05, 0.1) is 6.33 Å². The topological polar surface area (TPSA) is 43.6 Å². The van der Waals surface area contributed by atoms with E-state index >= 15 is 0 Å². The minimum absolute atomic E-state index is 0.178. The van der Waals surface area contributed by atoms with Crippen LogP contribution in [-0.2, 0) is 0 Å². The number of rotatable bonds is 1. The van der Waals surface area contributed by atoms with Crippen molar-refractivity contribution in [1.82, 2.24) is 19.5 Å². The van der Waals surface area contributed by atoms with Crippen molar-refractivity contribution in [2.45, 2.75) is 52.5 Å². The second-order valence-electron chi connectivity index (χ2n) is 6.98. The Morgan fingerprint density at radius 3 is 2.38 bits per heavy atom. The molecule has 114 valence electrons. The van der Waals surface area contributed by atoms with Crippen LogP contribution in [0.15, 0.2) is 6.33 Å². The van der Waals surface area contributed by atoms with Crippen LogP contribution in [0.25, 0.3) is 11.2 Å². The van der Waals surface area contributed by atoms with Crippen LogP contribution >= 0.6 is 23.2 Å². The Balaban J connectivity index is 1.86. The second kappa shape index (κ2) is 5.40. The number of hydrogen-bond donors (Lipinski definition) is 0. The third-order valence-corrected chi connectivity index (χ3v) is 5.10. The maximum Gasteiger partial charge on any atom is 0.225 e. The number of hydrogen-bond acceptors (Lipinski definition) is 3. The molecule has 1 aliphatic rings. The predicted molar refractivity (Wildman–Crippen MR) is 85.8 cm³/mol. The molecule has 3 rings (SSSR count). The molecule has 1 saturated carbocycles. The minimum atomic E-state index is 0.178. The number of imidazole rings is 1. The van der Waals surface area contributed by atoms with Gasteiger partial charge in [-0.25, -0.2) is 9.97 Å². The molecule has 0 spiro atoms. The number of halogens is 2. The zero-order valence-electron chi connectivity index (χ0n) is 12.6. The van der Waals surface area contributed by atoms with Crippen LogP contribution in [0.2, 0.25) is 10.4 Å². The van der Waals surface area contributed by atoms with E-state index < -0.39 is 0 Å². The van der Waals surface area contributed by atoms with E-state index in [0.717, 1.165) is 24.4 Å². The van der Waals surface area contributed by atoms with Crippen LogP contribution in [-0.4, -0.2) is 19.5 Å². The Morgan fingerprint density at radius 1 is 1.10 bits per heavy atom. The summed E-state index contributed by atoms with van der Waals surface area (Å²) in [7, 11) is 0. The van der Waals surface area contributed by atoms with Crippen molar-refractivity contribution in [2.75, 3.05) is 0 Å². The lowest BCUT2D eigenvalue weighted by Gasteiger charge is -2.37. The van der Waals surface area contributed by atoms with Crippen molar-refractivity contribution in [1.29, 1.82) is 0 Å². The minimum Gasteiger partial charge on any atom is -0.312 e. The van der Waals surface area contributed by atoms with Crippen molar-refractivity contribution in [3.8, 4) is 0 Å². The van der Waals surface area contributed by atoms with Gasteiger partial charge in [0.2, 0.25) is 5.28 Å². The van der Waals surface area contributed by atoms with E-state index in [-0.39, 0.29) is 5.28 Å². The molecule has 0 radical (unpaired) electrons. The van der Waals surface area contributed by atoms with Crippen molar-refractivity contribution < 1.29 is 0 Å². The first-order chi connectivity index (χ1) is 9.86. The first-order valence-electron chi connectivity index (χ1n) is 7.42. The molecule has 6 heteroatoms. The number of aromatic nitrogens is 4. The smallest absolute Gasteiger partial charge is 0.225 e.